The Morgan fingerprint density at radius 1 is 1.17 bits per heavy atom. The molecular formula is C18H19N3O2. The minimum Gasteiger partial charge on any atom is -0.361 e. The highest BCUT2D eigenvalue weighted by Crippen LogP contribution is 2.20. The second-order valence-corrected chi connectivity index (χ2v) is 5.65. The number of carbonyl (C=O) groups excluding carboxylic acids is 1. The van der Waals surface area contributed by atoms with Crippen LogP contribution in [0.5, 0.6) is 0 Å². The number of rotatable bonds is 3. The number of nitrogens with zero attached hydrogens (tertiary/aromatic N) is 2. The SMILES string of the molecule is Cc1noc(C)c1CN(C)C(=O)Nc1ccc2ccccc2c1. The normalized spacial score (nSPS) is 10.7. The summed E-state index contributed by atoms with van der Waals surface area (Å²) >= 11 is 0. The Morgan fingerprint density at radius 3 is 2.61 bits per heavy atom. The molecule has 5 nitrogen and oxygen atoms in total. The highest BCUT2D eigenvalue weighted by molar-refractivity contribution is 5.93. The smallest absolute Gasteiger partial charge is 0.321 e. The third-order valence-corrected chi connectivity index (χ3v) is 3.92. The van der Waals surface area contributed by atoms with E-state index in [-0.39, 0.29) is 6.03 Å². The maximum absolute atomic E-state index is 12.4. The fourth-order valence-electron chi connectivity index (χ4n) is 2.52. The molecule has 0 fully saturated rings. The summed E-state index contributed by atoms with van der Waals surface area (Å²) in [6.07, 6.45) is 0. The standard InChI is InChI=1S/C18H19N3O2/c1-12-17(13(2)23-20-12)11-21(3)18(22)19-16-9-8-14-6-4-5-7-15(14)10-16/h4-10H,11H2,1-3H3,(H,19,22). The number of aryl methyl sites for hydroxylation is 2. The zero-order valence-corrected chi connectivity index (χ0v) is 13.5. The molecule has 0 bridgehead atoms. The van der Waals surface area contributed by atoms with E-state index in [4.69, 9.17) is 4.52 Å². The van der Waals surface area contributed by atoms with Gasteiger partial charge in [-0.2, -0.15) is 0 Å². The Morgan fingerprint density at radius 2 is 1.91 bits per heavy atom. The molecule has 2 aromatic carbocycles. The van der Waals surface area contributed by atoms with E-state index in [1.54, 1.807) is 11.9 Å². The van der Waals surface area contributed by atoms with Crippen LogP contribution in [-0.4, -0.2) is 23.1 Å². The number of anilines is 1. The number of carbonyl (C=O) groups is 1. The van der Waals surface area contributed by atoms with Gasteiger partial charge in [-0.15, -0.1) is 0 Å². The number of hydrogen-bond donors (Lipinski definition) is 1. The van der Waals surface area contributed by atoms with E-state index in [0.717, 1.165) is 33.5 Å². The van der Waals surface area contributed by atoms with Gasteiger partial charge in [0.25, 0.3) is 0 Å². The van der Waals surface area contributed by atoms with Gasteiger partial charge >= 0.3 is 6.03 Å². The first-order chi connectivity index (χ1) is 11.0. The van der Waals surface area contributed by atoms with Crippen molar-refractivity contribution in [3.05, 3.63) is 59.5 Å². The Labute approximate surface area is 134 Å². The molecule has 1 aromatic heterocycles. The highest BCUT2D eigenvalue weighted by atomic mass is 16.5. The van der Waals surface area contributed by atoms with Gasteiger partial charge < -0.3 is 14.7 Å². The molecule has 0 aliphatic heterocycles. The maximum atomic E-state index is 12.4. The van der Waals surface area contributed by atoms with E-state index in [1.807, 2.05) is 56.3 Å². The predicted molar refractivity (Wildman–Crippen MR) is 90.4 cm³/mol. The van der Waals surface area contributed by atoms with Crippen molar-refractivity contribution in [2.24, 2.45) is 0 Å². The molecule has 3 aromatic rings. The molecule has 23 heavy (non-hydrogen) atoms. The lowest BCUT2D eigenvalue weighted by molar-refractivity contribution is 0.220. The van der Waals surface area contributed by atoms with Gasteiger partial charge in [-0.25, -0.2) is 4.79 Å². The Kier molecular flexibility index (Phi) is 4.02. The number of aromatic nitrogens is 1. The van der Waals surface area contributed by atoms with Crippen LogP contribution in [0, 0.1) is 13.8 Å². The lowest BCUT2D eigenvalue weighted by Gasteiger charge is -2.18. The van der Waals surface area contributed by atoms with Gasteiger partial charge in [0, 0.05) is 18.3 Å². The van der Waals surface area contributed by atoms with Crippen molar-refractivity contribution < 1.29 is 9.32 Å². The van der Waals surface area contributed by atoms with E-state index in [1.165, 1.54) is 0 Å². The zero-order chi connectivity index (χ0) is 16.4. The first-order valence-electron chi connectivity index (χ1n) is 7.47. The van der Waals surface area contributed by atoms with E-state index < -0.39 is 0 Å². The van der Waals surface area contributed by atoms with Crippen molar-refractivity contribution in [1.29, 1.82) is 0 Å². The van der Waals surface area contributed by atoms with Gasteiger partial charge in [-0.3, -0.25) is 0 Å². The summed E-state index contributed by atoms with van der Waals surface area (Å²) in [5, 5.41) is 9.08. The minimum atomic E-state index is -0.166. The van der Waals surface area contributed by atoms with Crippen molar-refractivity contribution in [1.82, 2.24) is 10.1 Å². The highest BCUT2D eigenvalue weighted by Gasteiger charge is 2.15. The number of fused-ring (bicyclic) bond motifs is 1. The molecule has 0 radical (unpaired) electrons. The third-order valence-electron chi connectivity index (χ3n) is 3.92. The quantitative estimate of drug-likeness (QED) is 0.792. The van der Waals surface area contributed by atoms with Crippen molar-refractivity contribution >= 4 is 22.5 Å². The summed E-state index contributed by atoms with van der Waals surface area (Å²) in [6, 6.07) is 13.8. The minimum absolute atomic E-state index is 0.166. The third kappa shape index (κ3) is 3.18. The summed E-state index contributed by atoms with van der Waals surface area (Å²) in [6.45, 7) is 4.19. The molecular weight excluding hydrogens is 290 g/mol. The molecule has 0 spiro atoms. The summed E-state index contributed by atoms with van der Waals surface area (Å²) in [5.41, 5.74) is 2.54. The molecule has 1 N–H and O–H groups in total. The van der Waals surface area contributed by atoms with Crippen molar-refractivity contribution in [2.75, 3.05) is 12.4 Å². The van der Waals surface area contributed by atoms with Crippen LogP contribution in [0.25, 0.3) is 10.8 Å². The molecule has 0 saturated heterocycles. The molecule has 118 valence electrons. The number of amides is 2. The number of nitrogens with one attached hydrogen (secondary N) is 1. The molecule has 0 atom stereocenters. The molecule has 3 rings (SSSR count). The number of benzene rings is 2. The van der Waals surface area contributed by atoms with Crippen LogP contribution in [0.3, 0.4) is 0 Å². The largest absolute Gasteiger partial charge is 0.361 e. The predicted octanol–water partition coefficient (Wildman–Crippen LogP) is 4.11. The van der Waals surface area contributed by atoms with E-state index in [0.29, 0.717) is 6.54 Å². The van der Waals surface area contributed by atoms with Crippen molar-refractivity contribution in [3.8, 4) is 0 Å². The summed E-state index contributed by atoms with van der Waals surface area (Å²) in [7, 11) is 1.75. The van der Waals surface area contributed by atoms with E-state index in [2.05, 4.69) is 10.5 Å². The van der Waals surface area contributed by atoms with Crippen LogP contribution in [-0.2, 0) is 6.54 Å². The van der Waals surface area contributed by atoms with Crippen LogP contribution in [0.15, 0.2) is 47.0 Å². The number of hydrogen-bond acceptors (Lipinski definition) is 3. The first kappa shape index (κ1) is 15.1. The van der Waals surface area contributed by atoms with Crippen molar-refractivity contribution in [2.45, 2.75) is 20.4 Å². The molecule has 0 aliphatic rings. The van der Waals surface area contributed by atoms with Gasteiger partial charge in [0.05, 0.1) is 12.2 Å². The summed E-state index contributed by atoms with van der Waals surface area (Å²) in [5.74, 6) is 0.743. The van der Waals surface area contributed by atoms with Crippen LogP contribution < -0.4 is 5.32 Å². The Bertz CT molecular complexity index is 835. The average molecular weight is 309 g/mol. The van der Waals surface area contributed by atoms with Crippen LogP contribution in [0.1, 0.15) is 17.0 Å². The van der Waals surface area contributed by atoms with Gasteiger partial charge in [0.2, 0.25) is 0 Å². The van der Waals surface area contributed by atoms with E-state index >= 15 is 0 Å². The fraction of sp³-hybridized carbons (Fsp3) is 0.222. The number of urea groups is 1. The lowest BCUT2D eigenvalue weighted by Crippen LogP contribution is -2.31. The topological polar surface area (TPSA) is 58.4 Å². The molecule has 0 aliphatic carbocycles. The molecule has 0 unspecified atom stereocenters. The molecule has 0 saturated carbocycles. The van der Waals surface area contributed by atoms with Gasteiger partial charge in [0.15, 0.2) is 0 Å². The molecule has 2 amide bonds. The Hall–Kier alpha value is -2.82. The second-order valence-electron chi connectivity index (χ2n) is 5.65. The van der Waals surface area contributed by atoms with Crippen LogP contribution in [0.2, 0.25) is 0 Å². The van der Waals surface area contributed by atoms with Gasteiger partial charge in [-0.1, -0.05) is 35.5 Å². The summed E-state index contributed by atoms with van der Waals surface area (Å²) in [4.78, 5) is 14.0. The molecule has 1 heterocycles. The van der Waals surface area contributed by atoms with Gasteiger partial charge in [-0.05, 0) is 36.8 Å². The van der Waals surface area contributed by atoms with Crippen LogP contribution >= 0.6 is 0 Å². The van der Waals surface area contributed by atoms with Crippen LogP contribution in [0.4, 0.5) is 10.5 Å². The lowest BCUT2D eigenvalue weighted by atomic mass is 10.1. The average Bonchev–Trinajstić information content (AvgIpc) is 2.86. The monoisotopic (exact) mass is 309 g/mol. The summed E-state index contributed by atoms with van der Waals surface area (Å²) < 4.78 is 5.13. The second kappa shape index (κ2) is 6.12. The van der Waals surface area contributed by atoms with Gasteiger partial charge in [0.1, 0.15) is 5.76 Å². The maximum Gasteiger partial charge on any atom is 0.321 e. The fourth-order valence-corrected chi connectivity index (χ4v) is 2.52. The zero-order valence-electron chi connectivity index (χ0n) is 13.5. The Balaban J connectivity index is 1.72. The van der Waals surface area contributed by atoms with Crippen molar-refractivity contribution in [3.63, 3.8) is 0 Å². The first-order valence-corrected chi connectivity index (χ1v) is 7.47. The van der Waals surface area contributed by atoms with E-state index in [9.17, 15) is 4.79 Å². The molecule has 5 heteroatoms.